The molecule has 0 amide bonds. The zero-order chi connectivity index (χ0) is 61.2. The Morgan fingerprint density at radius 1 is 0.381 bits per heavy atom. The molecule has 84 heavy (non-hydrogen) atoms. The van der Waals surface area contributed by atoms with Crippen LogP contribution in [0.3, 0.4) is 0 Å². The molecule has 1 N–H and O–H groups in total. The number of phosphoric acid groups is 1. The van der Waals surface area contributed by atoms with E-state index < -0.39 is 26.5 Å². The Hall–Kier alpha value is -2.81. The molecule has 488 valence electrons. The van der Waals surface area contributed by atoms with Crippen molar-refractivity contribution in [3.63, 3.8) is 0 Å². The van der Waals surface area contributed by atoms with Gasteiger partial charge < -0.3 is 18.9 Å². The van der Waals surface area contributed by atoms with Gasteiger partial charge in [0, 0.05) is 12.8 Å². The summed E-state index contributed by atoms with van der Waals surface area (Å²) < 4.78 is 34.7. The molecular weight excluding hydrogens is 1060 g/mol. The minimum absolute atomic E-state index is 0.0307. The Kier molecular flexibility index (Phi) is 62.5. The third kappa shape index (κ3) is 68.3. The summed E-state index contributed by atoms with van der Waals surface area (Å²) in [5, 5.41) is 0. The number of rotatable bonds is 65. The first kappa shape index (κ1) is 81.2. The third-order valence-electron chi connectivity index (χ3n) is 15.4. The van der Waals surface area contributed by atoms with Crippen LogP contribution in [0.15, 0.2) is 85.1 Å². The van der Waals surface area contributed by atoms with Gasteiger partial charge in [-0.1, -0.05) is 304 Å². The van der Waals surface area contributed by atoms with Crippen molar-refractivity contribution < 1.29 is 42.1 Å². The molecular formula is C74H135NO8P+. The molecule has 0 aliphatic heterocycles. The second-order valence-corrected chi connectivity index (χ2v) is 26.3. The Morgan fingerprint density at radius 2 is 0.679 bits per heavy atom. The van der Waals surface area contributed by atoms with Crippen LogP contribution in [0.5, 0.6) is 0 Å². The zero-order valence-electron chi connectivity index (χ0n) is 55.6. The lowest BCUT2D eigenvalue weighted by Crippen LogP contribution is -2.37. The van der Waals surface area contributed by atoms with Gasteiger partial charge >= 0.3 is 19.8 Å². The number of nitrogens with zero attached hydrogens (tertiary/aromatic N) is 1. The van der Waals surface area contributed by atoms with Gasteiger partial charge in [0.15, 0.2) is 6.10 Å². The monoisotopic (exact) mass is 1200 g/mol. The molecule has 0 aromatic carbocycles. The summed E-state index contributed by atoms with van der Waals surface area (Å²) in [4.78, 5) is 35.8. The Bertz CT molecular complexity index is 1690. The fraction of sp³-hybridized carbons (Fsp3) is 0.784. The van der Waals surface area contributed by atoms with Crippen LogP contribution in [0.1, 0.15) is 322 Å². The summed E-state index contributed by atoms with van der Waals surface area (Å²) in [6.07, 6.45) is 88.4. The quantitative estimate of drug-likeness (QED) is 0.0211. The van der Waals surface area contributed by atoms with Crippen LogP contribution in [0, 0.1) is 0 Å². The van der Waals surface area contributed by atoms with Gasteiger partial charge in [-0.05, 0) is 89.9 Å². The molecule has 0 radical (unpaired) electrons. The van der Waals surface area contributed by atoms with Crippen LogP contribution in [-0.2, 0) is 32.7 Å². The molecule has 2 unspecified atom stereocenters. The van der Waals surface area contributed by atoms with E-state index in [2.05, 4.69) is 98.9 Å². The smallest absolute Gasteiger partial charge is 0.462 e. The lowest BCUT2D eigenvalue weighted by molar-refractivity contribution is -0.870. The van der Waals surface area contributed by atoms with Crippen molar-refractivity contribution in [1.82, 2.24) is 0 Å². The second-order valence-electron chi connectivity index (χ2n) is 24.9. The van der Waals surface area contributed by atoms with Crippen LogP contribution in [0.2, 0.25) is 0 Å². The Labute approximate surface area is 520 Å². The highest BCUT2D eigenvalue weighted by atomic mass is 31.2. The normalized spacial score (nSPS) is 13.6. The van der Waals surface area contributed by atoms with Crippen molar-refractivity contribution in [3.05, 3.63) is 85.1 Å². The third-order valence-corrected chi connectivity index (χ3v) is 16.4. The number of carbonyl (C=O) groups is 2. The highest BCUT2D eigenvalue weighted by molar-refractivity contribution is 7.47. The van der Waals surface area contributed by atoms with Crippen molar-refractivity contribution in [2.24, 2.45) is 0 Å². The summed E-state index contributed by atoms with van der Waals surface area (Å²) in [6.45, 7) is 4.34. The molecule has 2 atom stereocenters. The average Bonchev–Trinajstić information content (AvgIpc) is 3.61. The molecule has 0 aromatic heterocycles. The van der Waals surface area contributed by atoms with Gasteiger partial charge in [0.2, 0.25) is 0 Å². The number of hydrogen-bond acceptors (Lipinski definition) is 7. The molecule has 0 spiro atoms. The first-order valence-corrected chi connectivity index (χ1v) is 36.8. The first-order chi connectivity index (χ1) is 41.0. The number of ether oxygens (including phenoxy) is 2. The fourth-order valence-corrected chi connectivity index (χ4v) is 10.8. The van der Waals surface area contributed by atoms with Crippen LogP contribution in [0.25, 0.3) is 0 Å². The molecule has 0 aromatic rings. The van der Waals surface area contributed by atoms with E-state index in [0.29, 0.717) is 17.4 Å². The maximum Gasteiger partial charge on any atom is 0.472 e. The topological polar surface area (TPSA) is 108 Å². The predicted molar refractivity (Wildman–Crippen MR) is 362 cm³/mol. The number of carbonyl (C=O) groups excluding carboxylic acids is 2. The number of esters is 2. The van der Waals surface area contributed by atoms with Crippen LogP contribution < -0.4 is 0 Å². The van der Waals surface area contributed by atoms with Gasteiger partial charge in [0.05, 0.1) is 27.7 Å². The average molecular weight is 1200 g/mol. The van der Waals surface area contributed by atoms with Gasteiger partial charge in [0.25, 0.3) is 0 Å². The number of hydrogen-bond donors (Lipinski definition) is 1. The van der Waals surface area contributed by atoms with Crippen molar-refractivity contribution in [3.8, 4) is 0 Å². The van der Waals surface area contributed by atoms with Gasteiger partial charge in [-0.25, -0.2) is 4.57 Å². The van der Waals surface area contributed by atoms with Gasteiger partial charge in [-0.3, -0.25) is 18.6 Å². The molecule has 0 bridgehead atoms. The molecule has 10 heteroatoms. The number of allylic oxidation sites excluding steroid dienone is 14. The van der Waals surface area contributed by atoms with Crippen molar-refractivity contribution in [2.75, 3.05) is 47.5 Å². The number of likely N-dealkylation sites (N-methyl/N-ethyl adjacent to an activating group) is 1. The zero-order valence-corrected chi connectivity index (χ0v) is 56.5. The minimum atomic E-state index is -4.39. The molecule has 0 aliphatic rings. The van der Waals surface area contributed by atoms with E-state index in [0.717, 1.165) is 70.6 Å². The highest BCUT2D eigenvalue weighted by Crippen LogP contribution is 2.43. The molecule has 0 fully saturated rings. The molecule has 0 rings (SSSR count). The summed E-state index contributed by atoms with van der Waals surface area (Å²) in [6, 6.07) is 0. The lowest BCUT2D eigenvalue weighted by atomic mass is 10.0. The number of phosphoric ester groups is 1. The number of quaternary nitrogens is 1. The Morgan fingerprint density at radius 3 is 1.01 bits per heavy atom. The standard InChI is InChI=1S/C74H134NO8P/c1-6-8-10-12-14-16-18-20-22-24-26-28-29-30-31-32-33-34-35-36-37-38-39-40-41-42-43-44-45-47-49-51-53-55-57-59-61-63-65-67-74(77)83-72(71-82-84(78,79)81-69-68-75(3,4)5)70-80-73(76)66-64-62-60-58-56-54-52-50-48-46-27-25-23-21-19-17-15-13-11-9-7-2/h8,10,14,16,19-22,25-28,30-31,72H,6-7,9,11-13,15,17-18,23-24,29,32-71H2,1-5H3/p+1/b10-8-,16-14-,21-19-,22-20-,27-25-,28-26-,31-30-. The summed E-state index contributed by atoms with van der Waals surface area (Å²) in [5.74, 6) is -0.790. The SMILES string of the molecule is CC/C=C\C/C=C\C/C=C\C/C=C\C/C=C\CCCCCCCCCCCCCCCCCCCCCCCCCC(=O)OC(COC(=O)CCCCCCCCCCC/C=C\C/C=C\CCCCCCC)COP(=O)(O)OCC[N+](C)(C)C. The largest absolute Gasteiger partial charge is 0.472 e. The van der Waals surface area contributed by atoms with Crippen molar-refractivity contribution in [1.29, 1.82) is 0 Å². The molecule has 0 saturated carbocycles. The van der Waals surface area contributed by atoms with Gasteiger partial charge in [-0.2, -0.15) is 0 Å². The van der Waals surface area contributed by atoms with Gasteiger partial charge in [-0.15, -0.1) is 0 Å². The van der Waals surface area contributed by atoms with Crippen molar-refractivity contribution in [2.45, 2.75) is 328 Å². The maximum absolute atomic E-state index is 12.9. The molecule has 9 nitrogen and oxygen atoms in total. The van der Waals surface area contributed by atoms with Crippen LogP contribution in [-0.4, -0.2) is 74.9 Å². The van der Waals surface area contributed by atoms with E-state index in [-0.39, 0.29) is 32.0 Å². The lowest BCUT2D eigenvalue weighted by Gasteiger charge is -2.24. The first-order valence-electron chi connectivity index (χ1n) is 35.3. The van der Waals surface area contributed by atoms with E-state index >= 15 is 0 Å². The van der Waals surface area contributed by atoms with Crippen molar-refractivity contribution >= 4 is 19.8 Å². The predicted octanol–water partition coefficient (Wildman–Crippen LogP) is 22.9. The van der Waals surface area contributed by atoms with E-state index in [1.807, 2.05) is 21.1 Å². The highest BCUT2D eigenvalue weighted by Gasteiger charge is 2.27. The molecule has 0 saturated heterocycles. The van der Waals surface area contributed by atoms with E-state index in [9.17, 15) is 19.0 Å². The molecule has 0 aliphatic carbocycles. The second kappa shape index (κ2) is 64.7. The minimum Gasteiger partial charge on any atom is -0.462 e. The van der Waals surface area contributed by atoms with E-state index in [1.54, 1.807) is 0 Å². The van der Waals surface area contributed by atoms with Gasteiger partial charge in [0.1, 0.15) is 19.8 Å². The maximum atomic E-state index is 12.9. The van der Waals surface area contributed by atoms with Crippen LogP contribution >= 0.6 is 7.82 Å². The molecule has 0 heterocycles. The summed E-state index contributed by atoms with van der Waals surface area (Å²) >= 11 is 0. The summed E-state index contributed by atoms with van der Waals surface area (Å²) in [7, 11) is 1.48. The van der Waals surface area contributed by atoms with E-state index in [4.69, 9.17) is 18.5 Å². The Balaban J connectivity index is 3.96. The number of unbranched alkanes of at least 4 members (excludes halogenated alkanes) is 37. The van der Waals surface area contributed by atoms with Crippen LogP contribution in [0.4, 0.5) is 0 Å². The summed E-state index contributed by atoms with van der Waals surface area (Å²) in [5.41, 5.74) is 0. The fourth-order valence-electron chi connectivity index (χ4n) is 10.0. The van der Waals surface area contributed by atoms with E-state index in [1.165, 1.54) is 218 Å².